The van der Waals surface area contributed by atoms with E-state index in [2.05, 4.69) is 20.8 Å². The van der Waals surface area contributed by atoms with E-state index in [9.17, 15) is 4.79 Å². The van der Waals surface area contributed by atoms with Crippen LogP contribution in [0.25, 0.3) is 0 Å². The Bertz CT molecular complexity index is 594. The third kappa shape index (κ3) is 3.31. The number of nitrogens with one attached hydrogen (secondary N) is 1. The highest BCUT2D eigenvalue weighted by Gasteiger charge is 2.12. The van der Waals surface area contributed by atoms with Crippen LogP contribution >= 0.6 is 0 Å². The highest BCUT2D eigenvalue weighted by molar-refractivity contribution is 6.03. The van der Waals surface area contributed by atoms with Crippen LogP contribution in [0.15, 0.2) is 24.3 Å². The lowest BCUT2D eigenvalue weighted by Gasteiger charge is -2.10. The molecule has 1 heterocycles. The molecule has 0 fully saturated rings. The molecule has 0 atom stereocenters. The van der Waals surface area contributed by atoms with Crippen molar-refractivity contribution in [3.8, 4) is 5.75 Å². The Kier molecular flexibility index (Phi) is 4.29. The number of nitrogens with zero attached hydrogens (tertiary/aromatic N) is 4. The predicted octanol–water partition coefficient (Wildman–Crippen LogP) is 1.73. The summed E-state index contributed by atoms with van der Waals surface area (Å²) in [7, 11) is 0. The monoisotopic (exact) mass is 275 g/mol. The van der Waals surface area contributed by atoms with E-state index in [0.29, 0.717) is 23.8 Å². The number of amides is 1. The molecule has 1 amide bonds. The molecule has 0 unspecified atom stereocenters. The van der Waals surface area contributed by atoms with Crippen molar-refractivity contribution in [1.29, 1.82) is 0 Å². The summed E-state index contributed by atoms with van der Waals surface area (Å²) in [6.07, 6.45) is 0.0562. The lowest BCUT2D eigenvalue weighted by atomic mass is 10.2. The number of tetrazole rings is 1. The van der Waals surface area contributed by atoms with Gasteiger partial charge in [-0.25, -0.2) is 4.68 Å². The van der Waals surface area contributed by atoms with E-state index in [1.807, 2.05) is 26.8 Å². The second-order valence-electron chi connectivity index (χ2n) is 4.47. The van der Waals surface area contributed by atoms with Crippen molar-refractivity contribution in [3.05, 3.63) is 29.8 Å². The highest BCUT2D eigenvalue weighted by atomic mass is 16.5. The molecular weight excluding hydrogens is 258 g/mol. The number of hydrogen-bond acceptors (Lipinski definition) is 5. The summed E-state index contributed by atoms with van der Waals surface area (Å²) in [6, 6.07) is 6.99. The number of rotatable bonds is 5. The van der Waals surface area contributed by atoms with Crippen molar-refractivity contribution < 1.29 is 9.53 Å². The molecule has 1 N–H and O–H groups in total. The minimum Gasteiger partial charge on any atom is -0.491 e. The molecule has 1 aromatic heterocycles. The van der Waals surface area contributed by atoms with Crippen LogP contribution in [-0.4, -0.2) is 32.2 Å². The Morgan fingerprint density at radius 1 is 1.45 bits per heavy atom. The van der Waals surface area contributed by atoms with E-state index in [-0.39, 0.29) is 12.0 Å². The maximum Gasteiger partial charge on any atom is 0.258 e. The zero-order chi connectivity index (χ0) is 14.5. The van der Waals surface area contributed by atoms with Gasteiger partial charge in [0.2, 0.25) is 5.95 Å². The number of aryl methyl sites for hydroxylation is 1. The van der Waals surface area contributed by atoms with Crippen molar-refractivity contribution >= 4 is 11.9 Å². The Morgan fingerprint density at radius 2 is 2.25 bits per heavy atom. The molecule has 0 aliphatic carbocycles. The van der Waals surface area contributed by atoms with Gasteiger partial charge in [-0.05, 0) is 49.4 Å². The van der Waals surface area contributed by atoms with Crippen molar-refractivity contribution in [3.63, 3.8) is 0 Å². The standard InChI is InChI=1S/C13H17N5O2/c1-4-18-13(15-16-17-18)14-12(19)10-6-5-7-11(8-10)20-9(2)3/h5-9H,4H2,1-3H3,(H,14,15,17,19). The Labute approximate surface area is 116 Å². The van der Waals surface area contributed by atoms with Crippen LogP contribution in [0.1, 0.15) is 31.1 Å². The summed E-state index contributed by atoms with van der Waals surface area (Å²) in [5.41, 5.74) is 0.494. The average molecular weight is 275 g/mol. The summed E-state index contributed by atoms with van der Waals surface area (Å²) in [6.45, 7) is 6.34. The molecule has 0 saturated heterocycles. The number of ether oxygens (including phenoxy) is 1. The first-order valence-electron chi connectivity index (χ1n) is 6.44. The first kappa shape index (κ1) is 14.0. The second-order valence-corrected chi connectivity index (χ2v) is 4.47. The zero-order valence-corrected chi connectivity index (χ0v) is 11.7. The van der Waals surface area contributed by atoms with Crippen LogP contribution < -0.4 is 10.1 Å². The Morgan fingerprint density at radius 3 is 2.95 bits per heavy atom. The van der Waals surface area contributed by atoms with Gasteiger partial charge in [0.05, 0.1) is 6.10 Å². The highest BCUT2D eigenvalue weighted by Crippen LogP contribution is 2.15. The average Bonchev–Trinajstić information content (AvgIpc) is 2.85. The minimum atomic E-state index is -0.274. The molecule has 0 radical (unpaired) electrons. The van der Waals surface area contributed by atoms with Gasteiger partial charge in [0.1, 0.15) is 5.75 Å². The van der Waals surface area contributed by atoms with Gasteiger partial charge >= 0.3 is 0 Å². The van der Waals surface area contributed by atoms with E-state index in [0.717, 1.165) is 0 Å². The third-order valence-electron chi connectivity index (χ3n) is 2.52. The fourth-order valence-corrected chi connectivity index (χ4v) is 1.66. The van der Waals surface area contributed by atoms with Gasteiger partial charge in [-0.2, -0.15) is 0 Å². The van der Waals surface area contributed by atoms with Gasteiger partial charge in [-0.1, -0.05) is 11.2 Å². The van der Waals surface area contributed by atoms with E-state index < -0.39 is 0 Å². The summed E-state index contributed by atoms with van der Waals surface area (Å²) in [5.74, 6) is 0.708. The smallest absolute Gasteiger partial charge is 0.258 e. The first-order chi connectivity index (χ1) is 9.60. The molecule has 20 heavy (non-hydrogen) atoms. The molecule has 0 spiro atoms. The summed E-state index contributed by atoms with van der Waals surface area (Å²) in [4.78, 5) is 12.1. The molecule has 7 heteroatoms. The maximum absolute atomic E-state index is 12.1. The number of benzene rings is 1. The number of carbonyl (C=O) groups excluding carboxylic acids is 1. The number of anilines is 1. The summed E-state index contributed by atoms with van der Waals surface area (Å²) < 4.78 is 7.07. The Hall–Kier alpha value is -2.44. The van der Waals surface area contributed by atoms with Crippen LogP contribution in [0.5, 0.6) is 5.75 Å². The molecule has 7 nitrogen and oxygen atoms in total. The van der Waals surface area contributed by atoms with Gasteiger partial charge < -0.3 is 4.74 Å². The van der Waals surface area contributed by atoms with Gasteiger partial charge in [0, 0.05) is 12.1 Å². The SMILES string of the molecule is CCn1nnnc1NC(=O)c1cccc(OC(C)C)c1. The van der Waals surface area contributed by atoms with E-state index >= 15 is 0 Å². The topological polar surface area (TPSA) is 81.9 Å². The fraction of sp³-hybridized carbons (Fsp3) is 0.385. The molecule has 1 aromatic carbocycles. The van der Waals surface area contributed by atoms with Crippen LogP contribution in [0, 0.1) is 0 Å². The van der Waals surface area contributed by atoms with Crippen molar-refractivity contribution in [2.24, 2.45) is 0 Å². The van der Waals surface area contributed by atoms with Crippen LogP contribution in [0.3, 0.4) is 0 Å². The van der Waals surface area contributed by atoms with E-state index in [4.69, 9.17) is 4.74 Å². The molecule has 0 bridgehead atoms. The lowest BCUT2D eigenvalue weighted by Crippen LogP contribution is -2.16. The largest absolute Gasteiger partial charge is 0.491 e. The molecule has 2 aromatic rings. The third-order valence-corrected chi connectivity index (χ3v) is 2.52. The quantitative estimate of drug-likeness (QED) is 0.898. The van der Waals surface area contributed by atoms with E-state index in [1.54, 1.807) is 18.2 Å². The number of hydrogen-bond donors (Lipinski definition) is 1. The second kappa shape index (κ2) is 6.14. The van der Waals surface area contributed by atoms with E-state index in [1.165, 1.54) is 4.68 Å². The number of aromatic nitrogens is 4. The molecule has 0 aliphatic heterocycles. The molecular formula is C13H17N5O2. The molecule has 0 saturated carbocycles. The van der Waals surface area contributed by atoms with Gasteiger partial charge in [-0.15, -0.1) is 0 Å². The molecule has 0 aliphatic rings. The maximum atomic E-state index is 12.1. The van der Waals surface area contributed by atoms with Gasteiger partial charge in [0.15, 0.2) is 0 Å². The number of carbonyl (C=O) groups is 1. The zero-order valence-electron chi connectivity index (χ0n) is 11.7. The first-order valence-corrected chi connectivity index (χ1v) is 6.44. The molecule has 106 valence electrons. The lowest BCUT2D eigenvalue weighted by molar-refractivity contribution is 0.102. The van der Waals surface area contributed by atoms with Crippen molar-refractivity contribution in [2.45, 2.75) is 33.4 Å². The predicted molar refractivity (Wildman–Crippen MR) is 73.7 cm³/mol. The Balaban J connectivity index is 2.13. The normalized spacial score (nSPS) is 10.6. The van der Waals surface area contributed by atoms with Crippen LogP contribution in [-0.2, 0) is 6.54 Å². The van der Waals surface area contributed by atoms with Crippen LogP contribution in [0.4, 0.5) is 5.95 Å². The summed E-state index contributed by atoms with van der Waals surface area (Å²) in [5, 5.41) is 13.7. The van der Waals surface area contributed by atoms with Crippen LogP contribution in [0.2, 0.25) is 0 Å². The van der Waals surface area contributed by atoms with Crippen molar-refractivity contribution in [2.75, 3.05) is 5.32 Å². The summed E-state index contributed by atoms with van der Waals surface area (Å²) >= 11 is 0. The van der Waals surface area contributed by atoms with Gasteiger partial charge in [0.25, 0.3) is 5.91 Å². The fourth-order valence-electron chi connectivity index (χ4n) is 1.66. The minimum absolute atomic E-state index is 0.0562. The molecule has 2 rings (SSSR count). The van der Waals surface area contributed by atoms with Crippen molar-refractivity contribution in [1.82, 2.24) is 20.2 Å². The van der Waals surface area contributed by atoms with Gasteiger partial charge in [-0.3, -0.25) is 10.1 Å².